The van der Waals surface area contributed by atoms with E-state index in [1.807, 2.05) is 25.7 Å². The van der Waals surface area contributed by atoms with Gasteiger partial charge in [-0.1, -0.05) is 13.8 Å². The third-order valence-corrected chi connectivity index (χ3v) is 3.35. The number of ether oxygens (including phenoxy) is 1. The molecule has 0 saturated carbocycles. The van der Waals surface area contributed by atoms with E-state index in [4.69, 9.17) is 4.74 Å². The third-order valence-electron chi connectivity index (χ3n) is 3.35. The van der Waals surface area contributed by atoms with Crippen LogP contribution in [0.25, 0.3) is 0 Å². The Kier molecular flexibility index (Phi) is 3.63. The number of cyclic esters (lactones) is 1. The Morgan fingerprint density at radius 3 is 2.67 bits per heavy atom. The van der Waals surface area contributed by atoms with Crippen molar-refractivity contribution in [1.82, 2.24) is 4.90 Å². The van der Waals surface area contributed by atoms with Crippen LogP contribution in [0.5, 0.6) is 0 Å². The molecule has 88 valence electrons. The highest BCUT2D eigenvalue weighted by Crippen LogP contribution is 2.33. The molecule has 1 saturated heterocycles. The van der Waals surface area contributed by atoms with E-state index in [2.05, 4.69) is 13.8 Å². The SMILES string of the molecule is CCC1(C)CC(C)OC(=O)N(C(C)C)C1. The van der Waals surface area contributed by atoms with Gasteiger partial charge in [0, 0.05) is 12.6 Å². The van der Waals surface area contributed by atoms with Crippen LogP contribution in [0, 0.1) is 5.41 Å². The summed E-state index contributed by atoms with van der Waals surface area (Å²) in [7, 11) is 0. The minimum atomic E-state index is -0.158. The van der Waals surface area contributed by atoms with Gasteiger partial charge in [-0.2, -0.15) is 0 Å². The predicted molar refractivity (Wildman–Crippen MR) is 60.8 cm³/mol. The van der Waals surface area contributed by atoms with Crippen LogP contribution in [0.1, 0.15) is 47.5 Å². The number of nitrogens with zero attached hydrogens (tertiary/aromatic N) is 1. The molecule has 2 atom stereocenters. The third kappa shape index (κ3) is 2.86. The maximum atomic E-state index is 11.8. The van der Waals surface area contributed by atoms with Gasteiger partial charge < -0.3 is 9.64 Å². The summed E-state index contributed by atoms with van der Waals surface area (Å²) in [5.41, 5.74) is 0.190. The van der Waals surface area contributed by atoms with E-state index in [-0.39, 0.29) is 23.7 Å². The van der Waals surface area contributed by atoms with E-state index in [1.165, 1.54) is 0 Å². The van der Waals surface area contributed by atoms with Crippen molar-refractivity contribution in [2.45, 2.75) is 59.6 Å². The molecule has 0 radical (unpaired) electrons. The van der Waals surface area contributed by atoms with Crippen LogP contribution >= 0.6 is 0 Å². The van der Waals surface area contributed by atoms with Gasteiger partial charge in [-0.05, 0) is 39.0 Å². The molecular formula is C12H23NO2. The maximum absolute atomic E-state index is 11.8. The van der Waals surface area contributed by atoms with Crippen molar-refractivity contribution >= 4 is 6.09 Å². The van der Waals surface area contributed by atoms with Gasteiger partial charge in [-0.3, -0.25) is 0 Å². The number of carbonyl (C=O) groups excluding carboxylic acids is 1. The van der Waals surface area contributed by atoms with Crippen LogP contribution in [0.15, 0.2) is 0 Å². The van der Waals surface area contributed by atoms with Gasteiger partial charge >= 0.3 is 6.09 Å². The van der Waals surface area contributed by atoms with Crippen LogP contribution in [0.2, 0.25) is 0 Å². The molecule has 15 heavy (non-hydrogen) atoms. The lowest BCUT2D eigenvalue weighted by Gasteiger charge is -2.32. The molecule has 1 heterocycles. The minimum absolute atomic E-state index is 0.0335. The summed E-state index contributed by atoms with van der Waals surface area (Å²) < 4.78 is 5.37. The predicted octanol–water partition coefficient (Wildman–Crippen LogP) is 3.04. The highest BCUT2D eigenvalue weighted by Gasteiger charge is 2.36. The Morgan fingerprint density at radius 1 is 1.60 bits per heavy atom. The molecule has 1 fully saturated rings. The largest absolute Gasteiger partial charge is 0.446 e. The summed E-state index contributed by atoms with van der Waals surface area (Å²) in [6, 6.07) is 0.216. The Hall–Kier alpha value is -0.730. The number of hydrogen-bond donors (Lipinski definition) is 0. The van der Waals surface area contributed by atoms with E-state index >= 15 is 0 Å². The van der Waals surface area contributed by atoms with Gasteiger partial charge in [0.15, 0.2) is 0 Å². The van der Waals surface area contributed by atoms with Gasteiger partial charge in [0.25, 0.3) is 0 Å². The molecule has 1 aliphatic heterocycles. The lowest BCUT2D eigenvalue weighted by atomic mass is 9.81. The van der Waals surface area contributed by atoms with Crippen molar-refractivity contribution < 1.29 is 9.53 Å². The average molecular weight is 213 g/mol. The van der Waals surface area contributed by atoms with Crippen molar-refractivity contribution in [1.29, 1.82) is 0 Å². The van der Waals surface area contributed by atoms with Crippen molar-refractivity contribution in [3.63, 3.8) is 0 Å². The summed E-state index contributed by atoms with van der Waals surface area (Å²) in [6.45, 7) is 11.3. The Balaban J connectivity index is 2.86. The number of carbonyl (C=O) groups is 1. The van der Waals surface area contributed by atoms with Gasteiger partial charge in [-0.25, -0.2) is 4.79 Å². The molecular weight excluding hydrogens is 190 g/mol. The molecule has 2 unspecified atom stereocenters. The van der Waals surface area contributed by atoms with E-state index in [1.54, 1.807) is 0 Å². The number of hydrogen-bond acceptors (Lipinski definition) is 2. The molecule has 3 heteroatoms. The second-order valence-corrected chi connectivity index (χ2v) is 5.28. The van der Waals surface area contributed by atoms with Crippen LogP contribution in [-0.2, 0) is 4.74 Å². The highest BCUT2D eigenvalue weighted by atomic mass is 16.6. The average Bonchev–Trinajstić information content (AvgIpc) is 2.23. The molecule has 1 aliphatic rings. The van der Waals surface area contributed by atoms with E-state index in [0.29, 0.717) is 0 Å². The fourth-order valence-corrected chi connectivity index (χ4v) is 2.17. The summed E-state index contributed by atoms with van der Waals surface area (Å²) in [4.78, 5) is 13.6. The van der Waals surface area contributed by atoms with Gasteiger partial charge in [0.05, 0.1) is 0 Å². The molecule has 1 amide bonds. The fourth-order valence-electron chi connectivity index (χ4n) is 2.17. The van der Waals surface area contributed by atoms with Crippen LogP contribution in [0.4, 0.5) is 4.79 Å². The number of amides is 1. The molecule has 3 nitrogen and oxygen atoms in total. The van der Waals surface area contributed by atoms with E-state index < -0.39 is 0 Å². The maximum Gasteiger partial charge on any atom is 0.410 e. The van der Waals surface area contributed by atoms with Gasteiger partial charge in [0.2, 0.25) is 0 Å². The zero-order chi connectivity index (χ0) is 11.6. The first-order valence-electron chi connectivity index (χ1n) is 5.85. The fraction of sp³-hybridized carbons (Fsp3) is 0.917. The molecule has 0 aromatic heterocycles. The molecule has 0 N–H and O–H groups in total. The minimum Gasteiger partial charge on any atom is -0.446 e. The van der Waals surface area contributed by atoms with Crippen molar-refractivity contribution in [3.8, 4) is 0 Å². The first-order chi connectivity index (χ1) is 6.88. The van der Waals surface area contributed by atoms with Crippen LogP contribution < -0.4 is 0 Å². The first kappa shape index (κ1) is 12.3. The summed E-state index contributed by atoms with van der Waals surface area (Å²) in [5, 5.41) is 0. The topological polar surface area (TPSA) is 29.5 Å². The Morgan fingerprint density at radius 2 is 2.20 bits per heavy atom. The second kappa shape index (κ2) is 4.42. The normalized spacial score (nSPS) is 32.8. The lowest BCUT2D eigenvalue weighted by molar-refractivity contribution is 0.0762. The zero-order valence-electron chi connectivity index (χ0n) is 10.5. The molecule has 0 aromatic rings. The first-order valence-corrected chi connectivity index (χ1v) is 5.85. The van der Waals surface area contributed by atoms with Crippen LogP contribution in [0.3, 0.4) is 0 Å². The zero-order valence-corrected chi connectivity index (χ0v) is 10.5. The summed E-state index contributed by atoms with van der Waals surface area (Å²) in [5.74, 6) is 0. The van der Waals surface area contributed by atoms with Crippen molar-refractivity contribution in [2.75, 3.05) is 6.54 Å². The van der Waals surface area contributed by atoms with E-state index in [0.717, 1.165) is 19.4 Å². The van der Waals surface area contributed by atoms with Crippen LogP contribution in [-0.4, -0.2) is 29.7 Å². The highest BCUT2D eigenvalue weighted by molar-refractivity contribution is 5.68. The summed E-state index contributed by atoms with van der Waals surface area (Å²) >= 11 is 0. The Labute approximate surface area is 92.8 Å². The molecule has 0 aromatic carbocycles. The lowest BCUT2D eigenvalue weighted by Crippen LogP contribution is -2.41. The molecule has 0 aliphatic carbocycles. The van der Waals surface area contributed by atoms with Gasteiger partial charge in [-0.15, -0.1) is 0 Å². The molecule has 0 bridgehead atoms. The smallest absolute Gasteiger partial charge is 0.410 e. The Bertz CT molecular complexity index is 240. The van der Waals surface area contributed by atoms with Crippen molar-refractivity contribution in [2.24, 2.45) is 5.41 Å². The number of rotatable bonds is 2. The summed E-state index contributed by atoms with van der Waals surface area (Å²) in [6.07, 6.45) is 1.91. The molecule has 1 rings (SSSR count). The van der Waals surface area contributed by atoms with E-state index in [9.17, 15) is 4.79 Å². The second-order valence-electron chi connectivity index (χ2n) is 5.28. The standard InChI is InChI=1S/C12H23NO2/c1-6-12(5)7-10(4)15-11(14)13(8-12)9(2)3/h9-10H,6-8H2,1-5H3. The monoisotopic (exact) mass is 213 g/mol. The quantitative estimate of drug-likeness (QED) is 0.705. The van der Waals surface area contributed by atoms with Gasteiger partial charge in [0.1, 0.15) is 6.10 Å². The van der Waals surface area contributed by atoms with Crippen molar-refractivity contribution in [3.05, 3.63) is 0 Å². The molecule has 0 spiro atoms.